The number of hydrogen-bond donors (Lipinski definition) is 0. The molecule has 140 valence electrons. The minimum Gasteiger partial charge on any atom is -0.465 e. The summed E-state index contributed by atoms with van der Waals surface area (Å²) in [5.74, 6) is -0.369. The van der Waals surface area contributed by atoms with E-state index in [1.54, 1.807) is 12.1 Å². The lowest BCUT2D eigenvalue weighted by atomic mass is 9.86. The van der Waals surface area contributed by atoms with Crippen LogP contribution in [0.25, 0.3) is 10.9 Å². The normalized spacial score (nSPS) is 11.2. The number of hydrogen-bond acceptors (Lipinski definition) is 5. The molecule has 0 N–H and O–H groups in total. The molecule has 1 heterocycles. The number of nitriles is 1. The van der Waals surface area contributed by atoms with Crippen LogP contribution in [0.5, 0.6) is 0 Å². The fourth-order valence-electron chi connectivity index (χ4n) is 2.34. The van der Waals surface area contributed by atoms with Crippen LogP contribution >= 0.6 is 0 Å². The van der Waals surface area contributed by atoms with Crippen molar-refractivity contribution in [1.29, 1.82) is 5.26 Å². The van der Waals surface area contributed by atoms with Gasteiger partial charge in [0, 0.05) is 24.1 Å². The summed E-state index contributed by atoms with van der Waals surface area (Å²) < 4.78 is 11.2. The number of rotatable bonds is 3. The zero-order chi connectivity index (χ0) is 20.1. The number of methoxy groups -OCH3 is 1. The fourth-order valence-corrected chi connectivity index (χ4v) is 2.34. The summed E-state index contributed by atoms with van der Waals surface area (Å²) in [6.07, 6.45) is 1.94. The maximum atomic E-state index is 11.6. The van der Waals surface area contributed by atoms with Crippen LogP contribution in [-0.4, -0.2) is 29.7 Å². The summed E-state index contributed by atoms with van der Waals surface area (Å²) in [6, 6.07) is 7.69. The highest BCUT2D eigenvalue weighted by Gasteiger charge is 2.25. The van der Waals surface area contributed by atoms with Crippen LogP contribution in [0.3, 0.4) is 0 Å². The van der Waals surface area contributed by atoms with E-state index in [9.17, 15) is 14.9 Å². The van der Waals surface area contributed by atoms with Gasteiger partial charge in [-0.25, -0.2) is 4.79 Å². The lowest BCUT2D eigenvalue weighted by molar-refractivity contribution is -0.138. The van der Waals surface area contributed by atoms with E-state index in [4.69, 9.17) is 4.74 Å². The lowest BCUT2D eigenvalue weighted by Crippen LogP contribution is -2.17. The number of ether oxygens (including phenoxy) is 2. The Morgan fingerprint density at radius 3 is 2.27 bits per heavy atom. The van der Waals surface area contributed by atoms with Crippen LogP contribution in [0.4, 0.5) is 0 Å². The number of carbonyl (C=O) groups excluding carboxylic acids is 2. The summed E-state index contributed by atoms with van der Waals surface area (Å²) in [7, 11) is 3.29. The zero-order valence-electron chi connectivity index (χ0n) is 16.4. The molecule has 0 aliphatic carbocycles. The predicted octanol–water partition coefficient (Wildman–Crippen LogP) is 3.72. The fraction of sp³-hybridized carbons (Fsp3) is 0.450. The van der Waals surface area contributed by atoms with Gasteiger partial charge in [0.05, 0.1) is 24.2 Å². The highest BCUT2D eigenvalue weighted by molar-refractivity contribution is 5.96. The molecule has 0 aliphatic rings. The third-order valence-corrected chi connectivity index (χ3v) is 3.77. The number of benzene rings is 1. The molecule has 26 heavy (non-hydrogen) atoms. The minimum absolute atomic E-state index is 0.318. The molecule has 1 aromatic heterocycles. The molecule has 6 heteroatoms. The second-order valence-electron chi connectivity index (χ2n) is 7.44. The molecule has 0 amide bonds. The molecule has 0 atom stereocenters. The predicted molar refractivity (Wildman–Crippen MR) is 99.8 cm³/mol. The Morgan fingerprint density at radius 1 is 1.23 bits per heavy atom. The largest absolute Gasteiger partial charge is 0.465 e. The Bertz CT molecular complexity index is 836. The average molecular weight is 358 g/mol. The number of nitrogens with zero attached hydrogens (tertiary/aromatic N) is 2. The van der Waals surface area contributed by atoms with Crippen molar-refractivity contribution in [1.82, 2.24) is 4.57 Å². The second kappa shape index (κ2) is 8.05. The standard InChI is InChI=1S/C15H16N2O2.C5H10O2/c1-15(2,9-16)12-8-17(3)13-6-5-10(7-11(12)13)14(18)19-4;1-5(2,3)7-4-6/h5-8H,1-4H3;4H,1-3H3. The Hall–Kier alpha value is -2.81. The first kappa shape index (κ1) is 21.2. The van der Waals surface area contributed by atoms with Crippen molar-refractivity contribution in [2.45, 2.75) is 45.6 Å². The van der Waals surface area contributed by atoms with Crippen LogP contribution in [0.1, 0.15) is 50.5 Å². The SMILES string of the molecule is CC(C)(C)OC=O.COC(=O)c1ccc2c(c1)c(C(C)(C)C#N)cn2C. The van der Waals surface area contributed by atoms with E-state index < -0.39 is 5.41 Å². The molecular formula is C20H26N2O4. The van der Waals surface area contributed by atoms with Crippen molar-refractivity contribution in [2.24, 2.45) is 7.05 Å². The van der Waals surface area contributed by atoms with E-state index in [2.05, 4.69) is 10.8 Å². The van der Waals surface area contributed by atoms with Crippen molar-refractivity contribution < 1.29 is 19.1 Å². The monoisotopic (exact) mass is 358 g/mol. The topological polar surface area (TPSA) is 81.3 Å². The van der Waals surface area contributed by atoms with Crippen molar-refractivity contribution >= 4 is 23.3 Å². The molecule has 0 saturated carbocycles. The number of aryl methyl sites for hydroxylation is 1. The van der Waals surface area contributed by atoms with Crippen LogP contribution < -0.4 is 0 Å². The molecule has 0 saturated heterocycles. The van der Waals surface area contributed by atoms with Gasteiger partial charge < -0.3 is 14.0 Å². The molecule has 0 radical (unpaired) electrons. The van der Waals surface area contributed by atoms with Crippen LogP contribution in [0.15, 0.2) is 24.4 Å². The minimum atomic E-state index is -0.603. The smallest absolute Gasteiger partial charge is 0.337 e. The molecule has 0 bridgehead atoms. The number of esters is 1. The number of carbonyl (C=O) groups is 2. The molecule has 2 aromatic rings. The van der Waals surface area contributed by atoms with E-state index >= 15 is 0 Å². The quantitative estimate of drug-likeness (QED) is 0.617. The van der Waals surface area contributed by atoms with Crippen LogP contribution in [-0.2, 0) is 26.7 Å². The zero-order valence-corrected chi connectivity index (χ0v) is 16.4. The maximum Gasteiger partial charge on any atom is 0.337 e. The summed E-state index contributed by atoms with van der Waals surface area (Å²) in [6.45, 7) is 9.66. The summed E-state index contributed by atoms with van der Waals surface area (Å²) >= 11 is 0. The van der Waals surface area contributed by atoms with Gasteiger partial charge in [-0.15, -0.1) is 0 Å². The van der Waals surface area contributed by atoms with E-state index in [-0.39, 0.29) is 11.6 Å². The van der Waals surface area contributed by atoms with Gasteiger partial charge >= 0.3 is 5.97 Å². The first-order chi connectivity index (χ1) is 12.0. The molecule has 2 rings (SSSR count). The van der Waals surface area contributed by atoms with Gasteiger partial charge in [0.2, 0.25) is 0 Å². The van der Waals surface area contributed by atoms with E-state index in [0.29, 0.717) is 12.0 Å². The van der Waals surface area contributed by atoms with Crippen molar-refractivity contribution in [3.63, 3.8) is 0 Å². The van der Waals surface area contributed by atoms with Crippen LogP contribution in [0, 0.1) is 11.3 Å². The Morgan fingerprint density at radius 2 is 1.85 bits per heavy atom. The van der Waals surface area contributed by atoms with Crippen molar-refractivity contribution in [2.75, 3.05) is 7.11 Å². The van der Waals surface area contributed by atoms with Crippen molar-refractivity contribution in [3.05, 3.63) is 35.5 Å². The van der Waals surface area contributed by atoms with E-state index in [1.807, 2.05) is 58.5 Å². The average Bonchev–Trinajstić information content (AvgIpc) is 2.91. The number of aromatic nitrogens is 1. The Labute approximate surface area is 154 Å². The lowest BCUT2D eigenvalue weighted by Gasteiger charge is -2.14. The highest BCUT2D eigenvalue weighted by atomic mass is 16.5. The third kappa shape index (κ3) is 5.09. The second-order valence-corrected chi connectivity index (χ2v) is 7.44. The third-order valence-electron chi connectivity index (χ3n) is 3.77. The summed E-state index contributed by atoms with van der Waals surface area (Å²) in [5, 5.41) is 10.2. The maximum absolute atomic E-state index is 11.6. The summed E-state index contributed by atoms with van der Waals surface area (Å²) in [4.78, 5) is 21.2. The van der Waals surface area contributed by atoms with Gasteiger partial charge in [0.1, 0.15) is 5.60 Å². The van der Waals surface area contributed by atoms with Gasteiger partial charge in [-0.2, -0.15) is 5.26 Å². The number of fused-ring (bicyclic) bond motifs is 1. The Balaban J connectivity index is 0.000000412. The van der Waals surface area contributed by atoms with Gasteiger partial charge in [0.25, 0.3) is 6.47 Å². The van der Waals surface area contributed by atoms with Gasteiger partial charge in [0.15, 0.2) is 0 Å². The van der Waals surface area contributed by atoms with Crippen molar-refractivity contribution in [3.8, 4) is 6.07 Å². The molecule has 0 fully saturated rings. The highest BCUT2D eigenvalue weighted by Crippen LogP contribution is 2.32. The molecule has 0 aliphatic heterocycles. The van der Waals surface area contributed by atoms with Crippen LogP contribution in [0.2, 0.25) is 0 Å². The Kier molecular flexibility index (Phi) is 6.57. The molecule has 1 aromatic carbocycles. The first-order valence-corrected chi connectivity index (χ1v) is 8.17. The van der Waals surface area contributed by atoms with E-state index in [1.165, 1.54) is 7.11 Å². The van der Waals surface area contributed by atoms with Gasteiger partial charge in [-0.05, 0) is 58.4 Å². The summed E-state index contributed by atoms with van der Waals surface area (Å²) in [5.41, 5.74) is 1.48. The van der Waals surface area contributed by atoms with E-state index in [0.717, 1.165) is 16.5 Å². The molecule has 6 nitrogen and oxygen atoms in total. The van der Waals surface area contributed by atoms with Gasteiger partial charge in [-0.3, -0.25) is 4.79 Å². The molecule has 0 unspecified atom stereocenters. The van der Waals surface area contributed by atoms with Gasteiger partial charge in [-0.1, -0.05) is 0 Å². The first-order valence-electron chi connectivity index (χ1n) is 8.17. The molecular weight excluding hydrogens is 332 g/mol. The molecule has 0 spiro atoms.